The highest BCUT2D eigenvalue weighted by Gasteiger charge is 2.07. The van der Waals surface area contributed by atoms with Crippen molar-refractivity contribution in [2.75, 3.05) is 7.05 Å². The maximum Gasteiger partial charge on any atom is 0.191 e. The molecule has 9 heteroatoms. The summed E-state index contributed by atoms with van der Waals surface area (Å²) in [4.78, 5) is 17.3. The number of pyridine rings is 1. The summed E-state index contributed by atoms with van der Waals surface area (Å²) in [6, 6.07) is 4.01. The first kappa shape index (κ1) is 21.3. The molecule has 0 aliphatic carbocycles. The normalized spacial score (nSPS) is 11.3. The van der Waals surface area contributed by atoms with Gasteiger partial charge in [-0.2, -0.15) is 0 Å². The molecule has 0 fully saturated rings. The number of hydrogen-bond donors (Lipinski definition) is 2. The van der Waals surface area contributed by atoms with Crippen LogP contribution in [-0.2, 0) is 13.1 Å². The molecule has 3 aromatic heterocycles. The Balaban J connectivity index is 0.00000261. The number of rotatable bonds is 6. The van der Waals surface area contributed by atoms with Gasteiger partial charge in [-0.1, -0.05) is 13.8 Å². The van der Waals surface area contributed by atoms with Gasteiger partial charge >= 0.3 is 0 Å². The van der Waals surface area contributed by atoms with Gasteiger partial charge < -0.3 is 10.6 Å². The lowest BCUT2D eigenvalue weighted by Crippen LogP contribution is -2.36. The Hall–Kier alpha value is -2.01. The fourth-order valence-corrected chi connectivity index (χ4v) is 3.24. The van der Waals surface area contributed by atoms with Crippen molar-refractivity contribution in [3.8, 4) is 5.82 Å². The number of nitrogens with zero attached hydrogens (tertiary/aromatic N) is 5. The van der Waals surface area contributed by atoms with Crippen LogP contribution in [0.1, 0.15) is 36.0 Å². The summed E-state index contributed by atoms with van der Waals surface area (Å²) in [5.74, 6) is 2.04. The first-order valence-corrected chi connectivity index (χ1v) is 9.35. The van der Waals surface area contributed by atoms with Crippen LogP contribution in [0, 0.1) is 0 Å². The predicted octanol–water partition coefficient (Wildman–Crippen LogP) is 3.33. The van der Waals surface area contributed by atoms with E-state index >= 15 is 0 Å². The number of aromatic nitrogens is 4. The second-order valence-electron chi connectivity index (χ2n) is 6.09. The maximum atomic E-state index is 4.63. The molecular formula is C18H24IN7S. The molecule has 144 valence electrons. The minimum atomic E-state index is 0. The molecule has 0 aliphatic rings. The lowest BCUT2D eigenvalue weighted by molar-refractivity contribution is 0.784. The second kappa shape index (κ2) is 10.4. The molecule has 0 unspecified atom stereocenters. The van der Waals surface area contributed by atoms with Crippen molar-refractivity contribution in [1.29, 1.82) is 0 Å². The first-order chi connectivity index (χ1) is 12.7. The molecule has 0 bridgehead atoms. The highest BCUT2D eigenvalue weighted by molar-refractivity contribution is 14.0. The van der Waals surface area contributed by atoms with Gasteiger partial charge in [0.05, 0.1) is 12.2 Å². The standard InChI is InChI=1S/C18H23N7S.HI/c1-13(2)15-11-26-17(24-15)10-23-18(19-3)22-9-14-4-5-21-16(8-14)25-7-6-20-12-25;/h4-8,11-13H,9-10H2,1-3H3,(H2,19,22,23);1H. The molecular weight excluding hydrogens is 473 g/mol. The number of halogens is 1. The van der Waals surface area contributed by atoms with Crippen LogP contribution in [0.2, 0.25) is 0 Å². The minimum absolute atomic E-state index is 0. The molecule has 7 nitrogen and oxygen atoms in total. The topological polar surface area (TPSA) is 80.0 Å². The third kappa shape index (κ3) is 5.99. The summed E-state index contributed by atoms with van der Waals surface area (Å²) in [5.41, 5.74) is 2.25. The molecule has 0 saturated carbocycles. The summed E-state index contributed by atoms with van der Waals surface area (Å²) in [6.45, 7) is 5.62. The highest BCUT2D eigenvalue weighted by atomic mass is 127. The summed E-state index contributed by atoms with van der Waals surface area (Å²) >= 11 is 1.67. The molecule has 0 radical (unpaired) electrons. The van der Waals surface area contributed by atoms with E-state index in [1.807, 2.05) is 22.9 Å². The molecule has 2 N–H and O–H groups in total. The smallest absolute Gasteiger partial charge is 0.191 e. The van der Waals surface area contributed by atoms with Crippen LogP contribution in [0.4, 0.5) is 0 Å². The van der Waals surface area contributed by atoms with Gasteiger partial charge in [0.15, 0.2) is 5.96 Å². The third-order valence-corrected chi connectivity index (χ3v) is 4.70. The van der Waals surface area contributed by atoms with Gasteiger partial charge in [0.2, 0.25) is 0 Å². The van der Waals surface area contributed by atoms with Crippen LogP contribution >= 0.6 is 35.3 Å². The van der Waals surface area contributed by atoms with Gasteiger partial charge in [-0.25, -0.2) is 15.0 Å². The molecule has 3 aromatic rings. The van der Waals surface area contributed by atoms with Crippen molar-refractivity contribution in [2.24, 2.45) is 4.99 Å². The molecule has 0 spiro atoms. The number of imidazole rings is 1. The fraction of sp³-hybridized carbons (Fsp3) is 0.333. The highest BCUT2D eigenvalue weighted by Crippen LogP contribution is 2.17. The number of hydrogen-bond acceptors (Lipinski definition) is 5. The van der Waals surface area contributed by atoms with Crippen molar-refractivity contribution in [3.63, 3.8) is 0 Å². The molecule has 0 aromatic carbocycles. The van der Waals surface area contributed by atoms with Crippen molar-refractivity contribution in [1.82, 2.24) is 30.2 Å². The van der Waals surface area contributed by atoms with Gasteiger partial charge in [0.25, 0.3) is 0 Å². The van der Waals surface area contributed by atoms with Crippen LogP contribution in [0.5, 0.6) is 0 Å². The molecule has 0 aliphatic heterocycles. The van der Waals surface area contributed by atoms with Crippen LogP contribution in [0.3, 0.4) is 0 Å². The van der Waals surface area contributed by atoms with Crippen LogP contribution in [0.25, 0.3) is 5.82 Å². The van der Waals surface area contributed by atoms with Crippen molar-refractivity contribution in [2.45, 2.75) is 32.9 Å². The van der Waals surface area contributed by atoms with Gasteiger partial charge in [-0.15, -0.1) is 35.3 Å². The van der Waals surface area contributed by atoms with Crippen LogP contribution in [0.15, 0.2) is 47.4 Å². The first-order valence-electron chi connectivity index (χ1n) is 8.48. The molecule has 3 heterocycles. The largest absolute Gasteiger partial charge is 0.352 e. The molecule has 0 atom stereocenters. The maximum absolute atomic E-state index is 4.63. The average Bonchev–Trinajstić information content (AvgIpc) is 3.34. The summed E-state index contributed by atoms with van der Waals surface area (Å²) in [7, 11) is 1.76. The van der Waals surface area contributed by atoms with Crippen LogP contribution in [-0.4, -0.2) is 32.5 Å². The SMILES string of the molecule is CN=C(NCc1ccnc(-n2ccnc2)c1)NCc1nc(C(C)C)cs1.I. The molecule has 3 rings (SSSR count). The van der Waals surface area contributed by atoms with E-state index in [1.54, 1.807) is 37.1 Å². The monoisotopic (exact) mass is 497 g/mol. The number of guanidine groups is 1. The van der Waals surface area contributed by atoms with Gasteiger partial charge in [0.1, 0.15) is 17.2 Å². The molecule has 0 amide bonds. The van der Waals surface area contributed by atoms with Crippen molar-refractivity contribution >= 4 is 41.3 Å². The lowest BCUT2D eigenvalue weighted by Gasteiger charge is -2.11. The summed E-state index contributed by atoms with van der Waals surface area (Å²) < 4.78 is 1.88. The minimum Gasteiger partial charge on any atom is -0.352 e. The second-order valence-corrected chi connectivity index (χ2v) is 7.04. The number of nitrogens with one attached hydrogen (secondary N) is 2. The Morgan fingerprint density at radius 3 is 2.74 bits per heavy atom. The Bertz CT molecular complexity index is 858. The third-order valence-electron chi connectivity index (χ3n) is 3.83. The Kier molecular flexibility index (Phi) is 8.17. The zero-order valence-electron chi connectivity index (χ0n) is 15.6. The summed E-state index contributed by atoms with van der Waals surface area (Å²) in [5, 5.41) is 9.80. The number of aliphatic imine (C=N–C) groups is 1. The predicted molar refractivity (Wildman–Crippen MR) is 120 cm³/mol. The van der Waals surface area contributed by atoms with E-state index in [4.69, 9.17) is 0 Å². The molecule has 27 heavy (non-hydrogen) atoms. The van der Waals surface area contributed by atoms with E-state index in [9.17, 15) is 0 Å². The van der Waals surface area contributed by atoms with E-state index in [0.29, 0.717) is 19.0 Å². The van der Waals surface area contributed by atoms with Crippen molar-refractivity contribution in [3.05, 3.63) is 58.7 Å². The molecule has 0 saturated heterocycles. The summed E-state index contributed by atoms with van der Waals surface area (Å²) in [6.07, 6.45) is 7.15. The quantitative estimate of drug-likeness (QED) is 0.310. The van der Waals surface area contributed by atoms with E-state index < -0.39 is 0 Å². The van der Waals surface area contributed by atoms with Gasteiger partial charge in [-0.3, -0.25) is 9.56 Å². The van der Waals surface area contributed by atoms with E-state index in [1.165, 1.54) is 0 Å². The fourth-order valence-electron chi connectivity index (χ4n) is 2.34. The Morgan fingerprint density at radius 1 is 1.26 bits per heavy atom. The Labute approximate surface area is 180 Å². The zero-order chi connectivity index (χ0) is 18.4. The van der Waals surface area contributed by atoms with E-state index in [2.05, 4.69) is 49.8 Å². The zero-order valence-corrected chi connectivity index (χ0v) is 18.7. The van der Waals surface area contributed by atoms with E-state index in [0.717, 1.165) is 28.0 Å². The van der Waals surface area contributed by atoms with Gasteiger partial charge in [-0.05, 0) is 23.6 Å². The van der Waals surface area contributed by atoms with Gasteiger partial charge in [0, 0.05) is 37.6 Å². The van der Waals surface area contributed by atoms with Crippen molar-refractivity contribution < 1.29 is 0 Å². The van der Waals surface area contributed by atoms with Crippen LogP contribution < -0.4 is 10.6 Å². The van der Waals surface area contributed by atoms with E-state index in [-0.39, 0.29) is 24.0 Å². The number of thiazole rings is 1. The average molecular weight is 497 g/mol. The Morgan fingerprint density at radius 2 is 2.07 bits per heavy atom. The lowest BCUT2D eigenvalue weighted by atomic mass is 10.2.